The summed E-state index contributed by atoms with van der Waals surface area (Å²) in [5.74, 6) is 0.188. The Morgan fingerprint density at radius 3 is 2.33 bits per heavy atom. The molecule has 0 aromatic heterocycles. The zero-order valence-corrected chi connectivity index (χ0v) is 24.2. The predicted octanol–water partition coefficient (Wildman–Crippen LogP) is 8.29. The van der Waals surface area contributed by atoms with Crippen LogP contribution in [-0.2, 0) is 21.4 Å². The summed E-state index contributed by atoms with van der Waals surface area (Å²) in [4.78, 5) is 10.7. The maximum absolute atomic E-state index is 10.7. The van der Waals surface area contributed by atoms with Crippen LogP contribution in [0.1, 0.15) is 117 Å². The lowest BCUT2D eigenvalue weighted by Crippen LogP contribution is -2.27. The molecular formula is C32H52O4. The molecule has 2 N–H and O–H groups in total. The average Bonchev–Trinajstić information content (AvgIpc) is 2.82. The van der Waals surface area contributed by atoms with Crippen LogP contribution in [0, 0.1) is 12.3 Å². The summed E-state index contributed by atoms with van der Waals surface area (Å²) < 4.78 is 5.94. The molecule has 1 rings (SSSR count). The van der Waals surface area contributed by atoms with Crippen molar-refractivity contribution >= 4 is 5.97 Å². The number of ether oxygens (including phenoxy) is 1. The van der Waals surface area contributed by atoms with E-state index in [0.717, 1.165) is 50.7 Å². The lowest BCUT2D eigenvalue weighted by atomic mass is 9.69. The molecule has 4 heteroatoms. The molecular weight excluding hydrogens is 448 g/mol. The minimum atomic E-state index is -0.752. The van der Waals surface area contributed by atoms with Gasteiger partial charge in [-0.3, -0.25) is 4.79 Å². The minimum absolute atomic E-state index is 0.0280. The van der Waals surface area contributed by atoms with Crippen molar-refractivity contribution in [2.24, 2.45) is 5.41 Å². The van der Waals surface area contributed by atoms with Gasteiger partial charge in [0.05, 0.1) is 18.5 Å². The molecule has 0 spiro atoms. The Morgan fingerprint density at radius 1 is 1.11 bits per heavy atom. The normalized spacial score (nSPS) is 15.5. The second kappa shape index (κ2) is 15.2. The number of hydrogen-bond acceptors (Lipinski definition) is 3. The molecule has 2 atom stereocenters. The van der Waals surface area contributed by atoms with Gasteiger partial charge in [0.15, 0.2) is 0 Å². The van der Waals surface area contributed by atoms with Crippen molar-refractivity contribution in [3.05, 3.63) is 58.4 Å². The third-order valence-corrected chi connectivity index (χ3v) is 7.56. The highest BCUT2D eigenvalue weighted by Gasteiger charge is 2.31. The van der Waals surface area contributed by atoms with Crippen LogP contribution in [-0.4, -0.2) is 28.9 Å². The van der Waals surface area contributed by atoms with Crippen molar-refractivity contribution < 1.29 is 19.7 Å². The molecule has 0 bridgehead atoms. The Kier molecular flexibility index (Phi) is 13.5. The zero-order valence-electron chi connectivity index (χ0n) is 24.2. The van der Waals surface area contributed by atoms with Crippen LogP contribution >= 0.6 is 0 Å². The molecule has 0 saturated carbocycles. The van der Waals surface area contributed by atoms with Gasteiger partial charge in [0.1, 0.15) is 0 Å². The summed E-state index contributed by atoms with van der Waals surface area (Å²) in [6, 6.07) is 6.92. The van der Waals surface area contributed by atoms with Gasteiger partial charge in [-0.05, 0) is 80.6 Å². The largest absolute Gasteiger partial charge is 0.498 e. The Labute approximate surface area is 220 Å². The first-order valence-corrected chi connectivity index (χ1v) is 13.9. The fourth-order valence-corrected chi connectivity index (χ4v) is 4.88. The summed E-state index contributed by atoms with van der Waals surface area (Å²) in [5.41, 5.74) is 5.18. The monoisotopic (exact) mass is 500 g/mol. The van der Waals surface area contributed by atoms with E-state index >= 15 is 0 Å². The lowest BCUT2D eigenvalue weighted by molar-refractivity contribution is -0.137. The van der Waals surface area contributed by atoms with Gasteiger partial charge in [-0.15, -0.1) is 0 Å². The quantitative estimate of drug-likeness (QED) is 0.136. The summed E-state index contributed by atoms with van der Waals surface area (Å²) in [7, 11) is 0. The number of hydrogen-bond donors (Lipinski definition) is 2. The van der Waals surface area contributed by atoms with Gasteiger partial charge < -0.3 is 14.9 Å². The molecule has 0 aliphatic heterocycles. The van der Waals surface area contributed by atoms with Crippen LogP contribution in [0.4, 0.5) is 0 Å². The number of carboxylic acid groups (broad SMARTS) is 1. The molecule has 0 aliphatic rings. The van der Waals surface area contributed by atoms with Crippen molar-refractivity contribution in [1.82, 2.24) is 0 Å². The van der Waals surface area contributed by atoms with Crippen LogP contribution in [0.3, 0.4) is 0 Å². The molecule has 0 heterocycles. The Morgan fingerprint density at radius 2 is 1.81 bits per heavy atom. The van der Waals surface area contributed by atoms with Gasteiger partial charge in [0, 0.05) is 18.3 Å². The third kappa shape index (κ3) is 9.76. The first-order chi connectivity index (χ1) is 16.9. The molecule has 4 nitrogen and oxygen atoms in total. The summed E-state index contributed by atoms with van der Waals surface area (Å²) in [6.07, 6.45) is 11.3. The van der Waals surface area contributed by atoms with Crippen molar-refractivity contribution in [3.8, 4) is 0 Å². The van der Waals surface area contributed by atoms with Crippen LogP contribution in [0.5, 0.6) is 0 Å². The van der Waals surface area contributed by atoms with Crippen molar-refractivity contribution in [1.29, 1.82) is 0 Å². The molecule has 0 fully saturated rings. The van der Waals surface area contributed by atoms with E-state index in [1.165, 1.54) is 22.3 Å². The number of benzene rings is 1. The maximum atomic E-state index is 10.7. The van der Waals surface area contributed by atoms with Gasteiger partial charge in [-0.25, -0.2) is 0 Å². The van der Waals surface area contributed by atoms with Crippen molar-refractivity contribution in [2.75, 3.05) is 6.61 Å². The number of carbonyl (C=O) groups is 1. The van der Waals surface area contributed by atoms with Crippen LogP contribution in [0.2, 0.25) is 0 Å². The summed E-state index contributed by atoms with van der Waals surface area (Å²) >= 11 is 0. The third-order valence-electron chi connectivity index (χ3n) is 7.56. The fraction of sp³-hybridized carbons (Fsp3) is 0.656. The second-order valence-corrected chi connectivity index (χ2v) is 11.3. The van der Waals surface area contributed by atoms with E-state index in [-0.39, 0.29) is 23.4 Å². The van der Waals surface area contributed by atoms with Gasteiger partial charge in [-0.2, -0.15) is 0 Å². The first-order valence-electron chi connectivity index (χ1n) is 13.9. The number of aliphatic hydroxyl groups excluding tert-OH is 1. The van der Waals surface area contributed by atoms with Gasteiger partial charge in [0.2, 0.25) is 0 Å². The second-order valence-electron chi connectivity index (χ2n) is 11.3. The van der Waals surface area contributed by atoms with E-state index in [0.29, 0.717) is 13.0 Å². The van der Waals surface area contributed by atoms with Crippen molar-refractivity contribution in [2.45, 2.75) is 125 Å². The molecule has 1 aromatic carbocycles. The molecule has 204 valence electrons. The highest BCUT2D eigenvalue weighted by atomic mass is 16.5. The number of aliphatic hydroxyl groups is 1. The molecule has 0 amide bonds. The van der Waals surface area contributed by atoms with E-state index in [1.54, 1.807) is 0 Å². The summed E-state index contributed by atoms with van der Waals surface area (Å²) in [6.45, 7) is 17.9. The number of aliphatic carboxylic acids is 1. The highest BCUT2D eigenvalue weighted by Crippen LogP contribution is 2.41. The van der Waals surface area contributed by atoms with Gasteiger partial charge >= 0.3 is 5.97 Å². The standard InChI is InChI=1S/C32H52O4/c1-9-21-32(11-3,25(5)15-19-28(10-2)36-22-13-12-14-30(34)35)27-18-16-26(24(4)23-27)17-20-29(33)31(6,7)8/h15-16,18-19,23,29,33H,9-14,17,20-22H2,1-8H3,(H,34,35)/b25-15+,28-19+. The highest BCUT2D eigenvalue weighted by molar-refractivity contribution is 5.66. The minimum Gasteiger partial charge on any atom is -0.498 e. The number of unbranched alkanes of at least 4 members (excludes halogenated alkanes) is 1. The lowest BCUT2D eigenvalue weighted by Gasteiger charge is -2.35. The molecule has 0 aliphatic carbocycles. The Bertz CT molecular complexity index is 875. The zero-order chi connectivity index (χ0) is 27.4. The SMILES string of the molecule is CCCC(CC)(/C(C)=C/C=C(\CC)OCCCCC(=O)O)c1ccc(CCC(O)C(C)(C)C)c(C)c1. The molecule has 36 heavy (non-hydrogen) atoms. The van der Waals surface area contributed by atoms with Crippen LogP contribution in [0.25, 0.3) is 0 Å². The van der Waals surface area contributed by atoms with Gasteiger partial charge in [0.25, 0.3) is 0 Å². The van der Waals surface area contributed by atoms with E-state index in [4.69, 9.17) is 9.84 Å². The fourth-order valence-electron chi connectivity index (χ4n) is 4.88. The molecule has 0 radical (unpaired) electrons. The molecule has 0 saturated heterocycles. The van der Waals surface area contributed by atoms with Crippen LogP contribution in [0.15, 0.2) is 41.7 Å². The smallest absolute Gasteiger partial charge is 0.303 e. The number of carboxylic acids is 1. The number of aryl methyl sites for hydroxylation is 2. The van der Waals surface area contributed by atoms with E-state index < -0.39 is 5.97 Å². The van der Waals surface area contributed by atoms with E-state index in [2.05, 4.69) is 85.7 Å². The topological polar surface area (TPSA) is 66.8 Å². The molecule has 2 unspecified atom stereocenters. The Hall–Kier alpha value is -2.07. The van der Waals surface area contributed by atoms with E-state index in [9.17, 15) is 9.90 Å². The number of allylic oxidation sites excluding steroid dienone is 4. The first kappa shape index (κ1) is 32.0. The predicted molar refractivity (Wildman–Crippen MR) is 151 cm³/mol. The van der Waals surface area contributed by atoms with E-state index in [1.807, 2.05) is 0 Å². The Balaban J connectivity index is 3.10. The van der Waals surface area contributed by atoms with Crippen molar-refractivity contribution in [3.63, 3.8) is 0 Å². The van der Waals surface area contributed by atoms with Gasteiger partial charge in [-0.1, -0.05) is 77.8 Å². The van der Waals surface area contributed by atoms with Crippen LogP contribution < -0.4 is 0 Å². The molecule has 1 aromatic rings. The maximum Gasteiger partial charge on any atom is 0.303 e. The number of rotatable bonds is 16. The summed E-state index contributed by atoms with van der Waals surface area (Å²) in [5, 5.41) is 19.3. The average molecular weight is 501 g/mol.